The standard InChI is InChI=1S/C20H17N3O4/c1-13-5-2-3-8-17(13)22-20(26)23-21-12-16-9-10-18(27-16)14-6-4-7-15(11-14)19(24)25/h2-12H,1H3,(H,24,25)(H2,22,23,26). The zero-order valence-electron chi connectivity index (χ0n) is 14.5. The number of hydrogen-bond acceptors (Lipinski definition) is 4. The molecule has 0 aliphatic heterocycles. The lowest BCUT2D eigenvalue weighted by atomic mass is 10.1. The molecular formula is C20H17N3O4. The Labute approximate surface area is 155 Å². The Morgan fingerprint density at radius 2 is 1.89 bits per heavy atom. The summed E-state index contributed by atoms with van der Waals surface area (Å²) in [6.45, 7) is 1.89. The number of furan rings is 1. The van der Waals surface area contributed by atoms with Gasteiger partial charge in [0, 0.05) is 11.3 Å². The fraction of sp³-hybridized carbons (Fsp3) is 0.0500. The monoisotopic (exact) mass is 363 g/mol. The van der Waals surface area contributed by atoms with Crippen LogP contribution in [0.15, 0.2) is 70.2 Å². The summed E-state index contributed by atoms with van der Waals surface area (Å²) in [5, 5.41) is 15.6. The number of hydrogen-bond donors (Lipinski definition) is 3. The third-order valence-electron chi connectivity index (χ3n) is 3.77. The number of nitrogens with zero attached hydrogens (tertiary/aromatic N) is 1. The normalized spacial score (nSPS) is 10.7. The Morgan fingerprint density at radius 3 is 2.67 bits per heavy atom. The van der Waals surface area contributed by atoms with Crippen molar-refractivity contribution in [2.24, 2.45) is 5.10 Å². The molecule has 3 aromatic rings. The lowest BCUT2D eigenvalue weighted by Crippen LogP contribution is -2.24. The molecule has 0 unspecified atom stereocenters. The second-order valence-corrected chi connectivity index (χ2v) is 5.73. The predicted molar refractivity (Wildman–Crippen MR) is 102 cm³/mol. The Bertz CT molecular complexity index is 1010. The summed E-state index contributed by atoms with van der Waals surface area (Å²) >= 11 is 0. The maximum absolute atomic E-state index is 11.9. The average Bonchev–Trinajstić information content (AvgIpc) is 3.13. The quantitative estimate of drug-likeness (QED) is 0.469. The van der Waals surface area contributed by atoms with E-state index in [2.05, 4.69) is 15.8 Å². The van der Waals surface area contributed by atoms with Crippen molar-refractivity contribution in [1.82, 2.24) is 5.43 Å². The lowest BCUT2D eigenvalue weighted by molar-refractivity contribution is 0.0697. The Morgan fingerprint density at radius 1 is 1.07 bits per heavy atom. The summed E-state index contributed by atoms with van der Waals surface area (Å²) in [6.07, 6.45) is 1.36. The van der Waals surface area contributed by atoms with E-state index in [1.54, 1.807) is 30.3 Å². The minimum absolute atomic E-state index is 0.175. The minimum atomic E-state index is -1.01. The van der Waals surface area contributed by atoms with Crippen molar-refractivity contribution in [3.05, 3.63) is 77.6 Å². The molecule has 0 radical (unpaired) electrons. The Balaban J connectivity index is 1.62. The molecule has 0 aliphatic rings. The van der Waals surface area contributed by atoms with Crippen molar-refractivity contribution in [2.75, 3.05) is 5.32 Å². The zero-order valence-corrected chi connectivity index (χ0v) is 14.5. The molecule has 0 saturated carbocycles. The van der Waals surface area contributed by atoms with Crippen LogP contribution in [0.25, 0.3) is 11.3 Å². The maximum atomic E-state index is 11.9. The van der Waals surface area contributed by atoms with E-state index >= 15 is 0 Å². The number of nitrogens with one attached hydrogen (secondary N) is 2. The molecule has 1 aromatic heterocycles. The van der Waals surface area contributed by atoms with E-state index in [1.807, 2.05) is 25.1 Å². The number of carbonyl (C=O) groups is 2. The van der Waals surface area contributed by atoms with Gasteiger partial charge in [-0.1, -0.05) is 30.3 Å². The van der Waals surface area contributed by atoms with E-state index in [0.717, 1.165) is 5.56 Å². The molecule has 7 nitrogen and oxygen atoms in total. The van der Waals surface area contributed by atoms with Gasteiger partial charge in [0.2, 0.25) is 0 Å². The molecule has 0 bridgehead atoms. The van der Waals surface area contributed by atoms with Gasteiger partial charge in [-0.05, 0) is 42.8 Å². The summed E-state index contributed by atoms with van der Waals surface area (Å²) in [5.74, 6) is -0.0834. The number of aryl methyl sites for hydroxylation is 1. The number of urea groups is 1. The first-order chi connectivity index (χ1) is 13.0. The third kappa shape index (κ3) is 4.60. The number of carboxylic acids is 1. The van der Waals surface area contributed by atoms with Crippen LogP contribution in [-0.2, 0) is 0 Å². The zero-order chi connectivity index (χ0) is 19.2. The van der Waals surface area contributed by atoms with Crippen molar-refractivity contribution in [3.8, 4) is 11.3 Å². The lowest BCUT2D eigenvalue weighted by Gasteiger charge is -2.06. The summed E-state index contributed by atoms with van der Waals surface area (Å²) in [5.41, 5.74) is 4.81. The van der Waals surface area contributed by atoms with Gasteiger partial charge < -0.3 is 14.8 Å². The number of carboxylic acid groups (broad SMARTS) is 1. The van der Waals surface area contributed by atoms with E-state index in [1.165, 1.54) is 18.3 Å². The Hall–Kier alpha value is -3.87. The van der Waals surface area contributed by atoms with Gasteiger partial charge in [-0.2, -0.15) is 5.10 Å². The summed E-state index contributed by atoms with van der Waals surface area (Å²) in [6, 6.07) is 16.7. The first kappa shape index (κ1) is 17.9. The molecule has 0 spiro atoms. The van der Waals surface area contributed by atoms with Gasteiger partial charge in [0.05, 0.1) is 11.8 Å². The van der Waals surface area contributed by atoms with Gasteiger partial charge in [-0.15, -0.1) is 0 Å². The molecular weight excluding hydrogens is 346 g/mol. The van der Waals surface area contributed by atoms with Crippen molar-refractivity contribution in [1.29, 1.82) is 0 Å². The minimum Gasteiger partial charge on any atom is -0.478 e. The molecule has 1 heterocycles. The van der Waals surface area contributed by atoms with Gasteiger partial charge in [-0.3, -0.25) is 0 Å². The van der Waals surface area contributed by atoms with Crippen molar-refractivity contribution < 1.29 is 19.1 Å². The number of benzene rings is 2. The van der Waals surface area contributed by atoms with Gasteiger partial charge in [0.15, 0.2) is 0 Å². The molecule has 3 rings (SSSR count). The molecule has 136 valence electrons. The van der Waals surface area contributed by atoms with Gasteiger partial charge >= 0.3 is 12.0 Å². The van der Waals surface area contributed by atoms with Crippen LogP contribution >= 0.6 is 0 Å². The molecule has 0 saturated heterocycles. The molecule has 0 aliphatic carbocycles. The first-order valence-electron chi connectivity index (χ1n) is 8.12. The highest BCUT2D eigenvalue weighted by molar-refractivity contribution is 5.91. The van der Waals surface area contributed by atoms with Crippen LogP contribution in [0.2, 0.25) is 0 Å². The SMILES string of the molecule is Cc1ccccc1NC(=O)NN=Cc1ccc(-c2cccc(C(=O)O)c2)o1. The van der Waals surface area contributed by atoms with Crippen LogP contribution in [0.1, 0.15) is 21.7 Å². The molecule has 3 N–H and O–H groups in total. The summed E-state index contributed by atoms with van der Waals surface area (Å²) in [7, 11) is 0. The van der Waals surface area contributed by atoms with Crippen LogP contribution in [-0.4, -0.2) is 23.3 Å². The van der Waals surface area contributed by atoms with E-state index < -0.39 is 12.0 Å². The number of carbonyl (C=O) groups excluding carboxylic acids is 1. The Kier molecular flexibility index (Phi) is 5.32. The average molecular weight is 363 g/mol. The van der Waals surface area contributed by atoms with Crippen molar-refractivity contribution in [3.63, 3.8) is 0 Å². The van der Waals surface area contributed by atoms with E-state index in [0.29, 0.717) is 22.8 Å². The number of anilines is 1. The molecule has 0 fully saturated rings. The van der Waals surface area contributed by atoms with Crippen molar-refractivity contribution >= 4 is 23.9 Å². The molecule has 2 amide bonds. The van der Waals surface area contributed by atoms with Crippen LogP contribution < -0.4 is 10.7 Å². The van der Waals surface area contributed by atoms with Gasteiger partial charge in [-0.25, -0.2) is 15.0 Å². The maximum Gasteiger partial charge on any atom is 0.339 e. The third-order valence-corrected chi connectivity index (χ3v) is 3.77. The van der Waals surface area contributed by atoms with Crippen LogP contribution in [0.5, 0.6) is 0 Å². The number of rotatable bonds is 5. The number of hydrazone groups is 1. The molecule has 7 heteroatoms. The predicted octanol–water partition coefficient (Wildman–Crippen LogP) is 4.11. The van der Waals surface area contributed by atoms with Gasteiger partial charge in [0.25, 0.3) is 0 Å². The number of amides is 2. The highest BCUT2D eigenvalue weighted by Crippen LogP contribution is 2.22. The largest absolute Gasteiger partial charge is 0.478 e. The summed E-state index contributed by atoms with van der Waals surface area (Å²) in [4.78, 5) is 22.9. The number of para-hydroxylation sites is 1. The molecule has 0 atom stereocenters. The molecule has 2 aromatic carbocycles. The van der Waals surface area contributed by atoms with E-state index in [-0.39, 0.29) is 5.56 Å². The molecule has 27 heavy (non-hydrogen) atoms. The van der Waals surface area contributed by atoms with E-state index in [9.17, 15) is 9.59 Å². The van der Waals surface area contributed by atoms with Crippen LogP contribution in [0.4, 0.5) is 10.5 Å². The topological polar surface area (TPSA) is 104 Å². The second-order valence-electron chi connectivity index (χ2n) is 5.73. The van der Waals surface area contributed by atoms with Gasteiger partial charge in [0.1, 0.15) is 11.5 Å². The second kappa shape index (κ2) is 8.01. The highest BCUT2D eigenvalue weighted by Gasteiger charge is 2.08. The smallest absolute Gasteiger partial charge is 0.339 e. The van der Waals surface area contributed by atoms with Crippen LogP contribution in [0.3, 0.4) is 0 Å². The fourth-order valence-electron chi connectivity index (χ4n) is 2.40. The van der Waals surface area contributed by atoms with Crippen molar-refractivity contribution in [2.45, 2.75) is 6.92 Å². The highest BCUT2D eigenvalue weighted by atomic mass is 16.4. The van der Waals surface area contributed by atoms with Crippen LogP contribution in [0, 0.1) is 6.92 Å². The van der Waals surface area contributed by atoms with E-state index in [4.69, 9.17) is 9.52 Å². The number of aromatic carboxylic acids is 1. The fourth-order valence-corrected chi connectivity index (χ4v) is 2.40. The first-order valence-corrected chi connectivity index (χ1v) is 8.12. The summed E-state index contributed by atoms with van der Waals surface area (Å²) < 4.78 is 5.61.